The summed E-state index contributed by atoms with van der Waals surface area (Å²) >= 11 is 0. The third-order valence-electron chi connectivity index (χ3n) is 4.31. The smallest absolute Gasteiger partial charge is 0.0320 e. The fourth-order valence-corrected chi connectivity index (χ4v) is 2.85. The van der Waals surface area contributed by atoms with Gasteiger partial charge in [0.15, 0.2) is 0 Å². The van der Waals surface area contributed by atoms with E-state index in [-0.39, 0.29) is 0 Å². The molecule has 1 fully saturated rings. The van der Waals surface area contributed by atoms with E-state index in [0.717, 1.165) is 5.92 Å². The molecule has 100 valence electrons. The molecule has 0 saturated carbocycles. The van der Waals surface area contributed by atoms with Crippen molar-refractivity contribution in [2.24, 2.45) is 5.92 Å². The molecule has 18 heavy (non-hydrogen) atoms. The third kappa shape index (κ3) is 3.33. The molecule has 1 aromatic rings. The monoisotopic (exact) mass is 246 g/mol. The first-order valence-electron chi connectivity index (χ1n) is 7.16. The van der Waals surface area contributed by atoms with Crippen LogP contribution in [0.4, 0.5) is 0 Å². The Morgan fingerprint density at radius 3 is 2.56 bits per heavy atom. The summed E-state index contributed by atoms with van der Waals surface area (Å²) in [4.78, 5) is 0. The summed E-state index contributed by atoms with van der Waals surface area (Å²) in [6.07, 6.45) is 3.91. The predicted octanol–water partition coefficient (Wildman–Crippen LogP) is 2.95. The zero-order valence-corrected chi connectivity index (χ0v) is 11.9. The van der Waals surface area contributed by atoms with E-state index < -0.39 is 0 Å². The van der Waals surface area contributed by atoms with E-state index in [2.05, 4.69) is 49.7 Å². The average molecular weight is 246 g/mol. The number of hydrogen-bond acceptors (Lipinski definition) is 2. The van der Waals surface area contributed by atoms with Crippen LogP contribution in [0.3, 0.4) is 0 Å². The molecule has 2 rings (SSSR count). The normalized spacial score (nSPS) is 18.8. The van der Waals surface area contributed by atoms with Gasteiger partial charge in [0.1, 0.15) is 0 Å². The Morgan fingerprint density at radius 2 is 1.94 bits per heavy atom. The van der Waals surface area contributed by atoms with Crippen LogP contribution in [0.25, 0.3) is 0 Å². The highest BCUT2D eigenvalue weighted by molar-refractivity contribution is 5.31. The first-order valence-corrected chi connectivity index (χ1v) is 7.16. The summed E-state index contributed by atoms with van der Waals surface area (Å²) in [7, 11) is 2.08. The molecule has 2 nitrogen and oxygen atoms in total. The minimum absolute atomic E-state index is 0.507. The molecule has 1 aliphatic heterocycles. The zero-order valence-electron chi connectivity index (χ0n) is 11.9. The lowest BCUT2D eigenvalue weighted by molar-refractivity contribution is 0.318. The molecule has 0 bridgehead atoms. The summed E-state index contributed by atoms with van der Waals surface area (Å²) in [5.74, 6) is 0.866. The highest BCUT2D eigenvalue weighted by atomic mass is 14.9. The molecule has 1 saturated heterocycles. The highest BCUT2D eigenvalue weighted by Gasteiger charge is 2.19. The van der Waals surface area contributed by atoms with Gasteiger partial charge in [0.2, 0.25) is 0 Å². The van der Waals surface area contributed by atoms with Gasteiger partial charge in [-0.15, -0.1) is 0 Å². The average Bonchev–Trinajstić information content (AvgIpc) is 2.40. The Labute approximate surface area is 111 Å². The number of rotatable bonds is 4. The lowest BCUT2D eigenvalue weighted by Crippen LogP contribution is -2.30. The zero-order chi connectivity index (χ0) is 13.0. The summed E-state index contributed by atoms with van der Waals surface area (Å²) in [5.41, 5.74) is 4.23. The van der Waals surface area contributed by atoms with Crippen molar-refractivity contribution < 1.29 is 0 Å². The maximum absolute atomic E-state index is 3.49. The minimum atomic E-state index is 0.507. The van der Waals surface area contributed by atoms with Gasteiger partial charge in [-0.2, -0.15) is 0 Å². The van der Waals surface area contributed by atoms with E-state index >= 15 is 0 Å². The van der Waals surface area contributed by atoms with Crippen molar-refractivity contribution in [1.82, 2.24) is 10.6 Å². The van der Waals surface area contributed by atoms with Crippen LogP contribution in [0.2, 0.25) is 0 Å². The molecule has 0 aromatic heterocycles. The second-order valence-electron chi connectivity index (χ2n) is 5.61. The Balaban J connectivity index is 2.04. The van der Waals surface area contributed by atoms with Crippen molar-refractivity contribution in [3.8, 4) is 0 Å². The van der Waals surface area contributed by atoms with Gasteiger partial charge < -0.3 is 10.6 Å². The van der Waals surface area contributed by atoms with E-state index in [1.807, 2.05) is 0 Å². The fraction of sp³-hybridized carbons (Fsp3) is 0.625. The highest BCUT2D eigenvalue weighted by Crippen LogP contribution is 2.27. The van der Waals surface area contributed by atoms with Crippen molar-refractivity contribution in [2.75, 3.05) is 20.1 Å². The number of nitrogens with one attached hydrogen (secondary N) is 2. The first-order chi connectivity index (χ1) is 8.70. The molecular formula is C16H26N2. The van der Waals surface area contributed by atoms with E-state index in [9.17, 15) is 0 Å². The first kappa shape index (κ1) is 13.6. The summed E-state index contributed by atoms with van der Waals surface area (Å²) in [5, 5.41) is 6.93. The van der Waals surface area contributed by atoms with Crippen molar-refractivity contribution in [3.63, 3.8) is 0 Å². The van der Waals surface area contributed by atoms with E-state index in [1.54, 1.807) is 0 Å². The Kier molecular flexibility index (Phi) is 4.79. The molecule has 0 amide bonds. The van der Waals surface area contributed by atoms with E-state index in [4.69, 9.17) is 0 Å². The molecular weight excluding hydrogens is 220 g/mol. The summed E-state index contributed by atoms with van der Waals surface area (Å²) in [6, 6.07) is 7.38. The van der Waals surface area contributed by atoms with E-state index in [0.29, 0.717) is 6.04 Å². The molecule has 1 aromatic carbocycles. The third-order valence-corrected chi connectivity index (χ3v) is 4.31. The Hall–Kier alpha value is -0.860. The van der Waals surface area contributed by atoms with Crippen LogP contribution in [0, 0.1) is 19.8 Å². The molecule has 2 heteroatoms. The van der Waals surface area contributed by atoms with Gasteiger partial charge in [0, 0.05) is 6.04 Å². The Morgan fingerprint density at radius 1 is 1.22 bits per heavy atom. The second-order valence-corrected chi connectivity index (χ2v) is 5.61. The molecule has 1 heterocycles. The summed E-state index contributed by atoms with van der Waals surface area (Å²) in [6.45, 7) is 6.76. The van der Waals surface area contributed by atoms with Crippen LogP contribution in [0.15, 0.2) is 18.2 Å². The standard InChI is InChI=1S/C16H26N2/c1-12-4-5-15(10-13(12)2)16(17-3)11-14-6-8-18-9-7-14/h4-5,10,14,16-18H,6-9,11H2,1-3H3. The molecule has 1 aliphatic rings. The Bertz CT molecular complexity index is 381. The summed E-state index contributed by atoms with van der Waals surface area (Å²) < 4.78 is 0. The van der Waals surface area contributed by atoms with Crippen LogP contribution < -0.4 is 10.6 Å². The topological polar surface area (TPSA) is 24.1 Å². The molecule has 0 spiro atoms. The molecule has 0 aliphatic carbocycles. The number of piperidine rings is 1. The maximum atomic E-state index is 3.49. The largest absolute Gasteiger partial charge is 0.317 e. The van der Waals surface area contributed by atoms with Crippen molar-refractivity contribution in [1.29, 1.82) is 0 Å². The van der Waals surface area contributed by atoms with Crippen LogP contribution in [-0.4, -0.2) is 20.1 Å². The number of benzene rings is 1. The number of aryl methyl sites for hydroxylation is 2. The molecule has 2 N–H and O–H groups in total. The van der Waals surface area contributed by atoms with Crippen LogP contribution in [0.1, 0.15) is 42.0 Å². The van der Waals surface area contributed by atoms with Crippen LogP contribution in [0.5, 0.6) is 0 Å². The van der Waals surface area contributed by atoms with E-state index in [1.165, 1.54) is 49.0 Å². The predicted molar refractivity (Wildman–Crippen MR) is 77.9 cm³/mol. The molecule has 1 unspecified atom stereocenters. The van der Waals surface area contributed by atoms with Gasteiger partial charge in [-0.05, 0) is 75.9 Å². The maximum Gasteiger partial charge on any atom is 0.0320 e. The fourth-order valence-electron chi connectivity index (χ4n) is 2.85. The van der Waals surface area contributed by atoms with Crippen LogP contribution in [-0.2, 0) is 0 Å². The van der Waals surface area contributed by atoms with Gasteiger partial charge in [-0.25, -0.2) is 0 Å². The quantitative estimate of drug-likeness (QED) is 0.853. The minimum Gasteiger partial charge on any atom is -0.317 e. The second kappa shape index (κ2) is 6.35. The van der Waals surface area contributed by atoms with Gasteiger partial charge >= 0.3 is 0 Å². The lowest BCUT2D eigenvalue weighted by atomic mass is 9.87. The van der Waals surface area contributed by atoms with Gasteiger partial charge in [0.25, 0.3) is 0 Å². The molecule has 0 radical (unpaired) electrons. The van der Waals surface area contributed by atoms with Crippen molar-refractivity contribution >= 4 is 0 Å². The SMILES string of the molecule is CNC(CC1CCNCC1)c1ccc(C)c(C)c1. The van der Waals surface area contributed by atoms with Crippen molar-refractivity contribution in [2.45, 2.75) is 39.2 Å². The van der Waals surface area contributed by atoms with Gasteiger partial charge in [-0.3, -0.25) is 0 Å². The molecule has 1 atom stereocenters. The number of hydrogen-bond donors (Lipinski definition) is 2. The van der Waals surface area contributed by atoms with Gasteiger partial charge in [-0.1, -0.05) is 18.2 Å². The lowest BCUT2D eigenvalue weighted by Gasteiger charge is -2.27. The van der Waals surface area contributed by atoms with Crippen molar-refractivity contribution in [3.05, 3.63) is 34.9 Å². The van der Waals surface area contributed by atoms with Gasteiger partial charge in [0.05, 0.1) is 0 Å². The van der Waals surface area contributed by atoms with Crippen LogP contribution >= 0.6 is 0 Å².